The molecule has 0 saturated carbocycles. The third kappa shape index (κ3) is 4.09. The number of Topliss-reactive ketones (excluding diaryl/α,β-unsaturated/α-hetero) is 1. The van der Waals surface area contributed by atoms with Gasteiger partial charge in [-0.3, -0.25) is 4.79 Å². The largest absolute Gasteiger partial charge is 0.507 e. The number of aromatic hydroxyl groups is 2. The molecule has 0 radical (unpaired) electrons. The van der Waals surface area contributed by atoms with Gasteiger partial charge in [0.15, 0.2) is 0 Å². The number of hydrogen-bond acceptors (Lipinski definition) is 4. The van der Waals surface area contributed by atoms with Crippen LogP contribution >= 0.6 is 0 Å². The summed E-state index contributed by atoms with van der Waals surface area (Å²) in [4.78, 5) is 12.2. The van der Waals surface area contributed by atoms with Crippen molar-refractivity contribution in [2.45, 2.75) is 38.7 Å². The quantitative estimate of drug-likeness (QED) is 0.667. The van der Waals surface area contributed by atoms with Crippen molar-refractivity contribution in [2.24, 2.45) is 0 Å². The molecule has 0 aliphatic heterocycles. The lowest BCUT2D eigenvalue weighted by atomic mass is 9.86. The second-order valence-electron chi connectivity index (χ2n) is 6.16. The van der Waals surface area contributed by atoms with E-state index in [9.17, 15) is 20.1 Å². The lowest BCUT2D eigenvalue weighted by molar-refractivity contribution is -0.122. The number of phenols is 2. The molecule has 0 aliphatic carbocycles. The lowest BCUT2D eigenvalue weighted by Gasteiger charge is -2.20. The van der Waals surface area contributed by atoms with E-state index in [1.807, 2.05) is 0 Å². The number of aliphatic hydroxyl groups is 1. The summed E-state index contributed by atoms with van der Waals surface area (Å²) < 4.78 is 0. The van der Waals surface area contributed by atoms with Crippen LogP contribution in [-0.4, -0.2) is 27.2 Å². The first kappa shape index (κ1) is 18.7. The van der Waals surface area contributed by atoms with Crippen LogP contribution in [0.4, 0.5) is 0 Å². The molecule has 25 heavy (non-hydrogen) atoms. The number of rotatable bonds is 7. The van der Waals surface area contributed by atoms with Gasteiger partial charge in [-0.15, -0.1) is 6.58 Å². The summed E-state index contributed by atoms with van der Waals surface area (Å²) in [6.45, 7) is 7.04. The van der Waals surface area contributed by atoms with Crippen LogP contribution in [0.1, 0.15) is 37.3 Å². The monoisotopic (exact) mass is 340 g/mol. The van der Waals surface area contributed by atoms with Gasteiger partial charge < -0.3 is 15.3 Å². The Labute approximate surface area is 148 Å². The summed E-state index contributed by atoms with van der Waals surface area (Å²) >= 11 is 0. The van der Waals surface area contributed by atoms with Crippen LogP contribution in [0.3, 0.4) is 0 Å². The van der Waals surface area contributed by atoms with Crippen LogP contribution in [0, 0.1) is 0 Å². The van der Waals surface area contributed by atoms with E-state index in [1.54, 1.807) is 50.3 Å². The molecule has 0 bridgehead atoms. The van der Waals surface area contributed by atoms with Crippen LogP contribution in [0.15, 0.2) is 49.1 Å². The Hall–Kier alpha value is -2.59. The average molecular weight is 340 g/mol. The highest BCUT2D eigenvalue weighted by Crippen LogP contribution is 2.38. The number of ketones is 1. The van der Waals surface area contributed by atoms with Gasteiger partial charge in [-0.25, -0.2) is 0 Å². The first-order valence-electron chi connectivity index (χ1n) is 8.35. The van der Waals surface area contributed by atoms with Crippen molar-refractivity contribution in [3.63, 3.8) is 0 Å². The highest BCUT2D eigenvalue weighted by atomic mass is 16.3. The molecule has 0 aromatic heterocycles. The molecule has 0 unspecified atom stereocenters. The average Bonchev–Trinajstić information content (AvgIpc) is 2.58. The molecule has 2 rings (SSSR count). The molecule has 2 aromatic rings. The predicted molar refractivity (Wildman–Crippen MR) is 98.8 cm³/mol. The summed E-state index contributed by atoms with van der Waals surface area (Å²) in [7, 11) is 0. The fraction of sp³-hybridized carbons (Fsp3) is 0.286. The van der Waals surface area contributed by atoms with Crippen LogP contribution in [-0.2, 0) is 11.2 Å². The van der Waals surface area contributed by atoms with E-state index in [2.05, 4.69) is 6.58 Å². The maximum absolute atomic E-state index is 12.2. The van der Waals surface area contributed by atoms with Gasteiger partial charge in [-0.05, 0) is 48.7 Å². The van der Waals surface area contributed by atoms with Gasteiger partial charge in [0.25, 0.3) is 0 Å². The minimum atomic E-state index is -0.842. The van der Waals surface area contributed by atoms with Gasteiger partial charge in [0.1, 0.15) is 17.3 Å². The van der Waals surface area contributed by atoms with E-state index in [0.29, 0.717) is 29.5 Å². The van der Waals surface area contributed by atoms with Crippen LogP contribution in [0.5, 0.6) is 11.5 Å². The zero-order chi connectivity index (χ0) is 18.6. The lowest BCUT2D eigenvalue weighted by Crippen LogP contribution is -2.23. The minimum Gasteiger partial charge on any atom is -0.507 e. The normalized spacial score (nSPS) is 13.2. The van der Waals surface area contributed by atoms with Crippen molar-refractivity contribution in [2.75, 3.05) is 0 Å². The predicted octanol–water partition coefficient (Wildman–Crippen LogP) is 3.94. The molecule has 4 nitrogen and oxygen atoms in total. The van der Waals surface area contributed by atoms with Gasteiger partial charge in [0.2, 0.25) is 0 Å². The summed E-state index contributed by atoms with van der Waals surface area (Å²) in [5.41, 5.74) is 2.47. The highest BCUT2D eigenvalue weighted by Gasteiger charge is 2.25. The van der Waals surface area contributed by atoms with Gasteiger partial charge in [0, 0.05) is 17.5 Å². The van der Waals surface area contributed by atoms with Crippen molar-refractivity contribution in [3.05, 3.63) is 60.2 Å². The molecule has 0 aliphatic rings. The Morgan fingerprint density at radius 2 is 1.72 bits per heavy atom. The fourth-order valence-corrected chi connectivity index (χ4v) is 3.01. The standard InChI is InChI=1S/C21H24O4/c1-4-6-14-7-9-19(24)16(11-14)17-12-15(8-10-20(17)25)21(13(3)22)18(23)5-2/h4,7-13,21-22,24-25H,1,5-6H2,2-3H3/t13-,21+/m0/s1. The summed E-state index contributed by atoms with van der Waals surface area (Å²) in [5.74, 6) is -0.696. The number of aliphatic hydroxyl groups excluding tert-OH is 1. The molecule has 0 saturated heterocycles. The van der Waals surface area contributed by atoms with Crippen molar-refractivity contribution < 1.29 is 20.1 Å². The third-order valence-electron chi connectivity index (χ3n) is 4.29. The smallest absolute Gasteiger partial charge is 0.142 e. The van der Waals surface area contributed by atoms with Crippen molar-refractivity contribution in [1.82, 2.24) is 0 Å². The van der Waals surface area contributed by atoms with E-state index in [4.69, 9.17) is 0 Å². The molecule has 0 amide bonds. The van der Waals surface area contributed by atoms with Crippen molar-refractivity contribution >= 4 is 5.78 Å². The fourth-order valence-electron chi connectivity index (χ4n) is 3.01. The van der Waals surface area contributed by atoms with E-state index < -0.39 is 12.0 Å². The molecule has 4 heteroatoms. The molecule has 0 heterocycles. The van der Waals surface area contributed by atoms with Gasteiger partial charge in [-0.1, -0.05) is 25.1 Å². The van der Waals surface area contributed by atoms with Crippen LogP contribution in [0.2, 0.25) is 0 Å². The van der Waals surface area contributed by atoms with Gasteiger partial charge >= 0.3 is 0 Å². The second-order valence-corrected chi connectivity index (χ2v) is 6.16. The molecule has 0 fully saturated rings. The molecule has 132 valence electrons. The van der Waals surface area contributed by atoms with E-state index in [0.717, 1.165) is 5.56 Å². The minimum absolute atomic E-state index is 0.00286. The zero-order valence-corrected chi connectivity index (χ0v) is 14.6. The molecular weight excluding hydrogens is 316 g/mol. The number of benzene rings is 2. The topological polar surface area (TPSA) is 77.8 Å². The van der Waals surface area contributed by atoms with Crippen molar-refractivity contribution in [3.8, 4) is 22.6 Å². The Morgan fingerprint density at radius 3 is 2.28 bits per heavy atom. The Balaban J connectivity index is 2.58. The Morgan fingerprint density at radius 1 is 1.12 bits per heavy atom. The highest BCUT2D eigenvalue weighted by molar-refractivity contribution is 5.87. The van der Waals surface area contributed by atoms with E-state index in [-0.39, 0.29) is 17.3 Å². The number of carbonyl (C=O) groups is 1. The zero-order valence-electron chi connectivity index (χ0n) is 14.6. The van der Waals surface area contributed by atoms with Gasteiger partial charge in [-0.2, -0.15) is 0 Å². The summed E-state index contributed by atoms with van der Waals surface area (Å²) in [6, 6.07) is 9.93. The number of hydrogen-bond donors (Lipinski definition) is 3. The first-order valence-corrected chi connectivity index (χ1v) is 8.35. The van der Waals surface area contributed by atoms with Gasteiger partial charge in [0.05, 0.1) is 12.0 Å². The van der Waals surface area contributed by atoms with Crippen LogP contribution in [0.25, 0.3) is 11.1 Å². The number of allylic oxidation sites excluding steroid dienone is 1. The molecule has 2 atom stereocenters. The summed E-state index contributed by atoms with van der Waals surface area (Å²) in [6.07, 6.45) is 1.87. The molecular formula is C21H24O4. The second kappa shape index (κ2) is 7.99. The Kier molecular flexibility index (Phi) is 5.99. The maximum Gasteiger partial charge on any atom is 0.142 e. The summed E-state index contributed by atoms with van der Waals surface area (Å²) in [5, 5.41) is 30.5. The SMILES string of the molecule is C=CCc1ccc(O)c(-c2cc([C@H](C(=O)CC)[C@H](C)O)ccc2O)c1. The third-order valence-corrected chi connectivity index (χ3v) is 4.29. The number of phenolic OH excluding ortho intramolecular Hbond substituents is 2. The maximum atomic E-state index is 12.2. The Bertz CT molecular complexity index is 777. The number of carbonyl (C=O) groups excluding carboxylic acids is 1. The molecule has 0 spiro atoms. The molecule has 2 aromatic carbocycles. The first-order chi connectivity index (χ1) is 11.9. The van der Waals surface area contributed by atoms with Crippen molar-refractivity contribution in [1.29, 1.82) is 0 Å². The van der Waals surface area contributed by atoms with E-state index in [1.165, 1.54) is 6.07 Å². The van der Waals surface area contributed by atoms with Crippen LogP contribution < -0.4 is 0 Å². The molecule has 3 N–H and O–H groups in total. The van der Waals surface area contributed by atoms with E-state index >= 15 is 0 Å².